The Balaban J connectivity index is 1.70. The average molecular weight is 427 g/mol. The van der Waals surface area contributed by atoms with Crippen LogP contribution in [0.15, 0.2) is 47.6 Å². The van der Waals surface area contributed by atoms with Crippen molar-refractivity contribution in [1.29, 1.82) is 0 Å². The van der Waals surface area contributed by atoms with Crippen LogP contribution >= 0.6 is 0 Å². The lowest BCUT2D eigenvalue weighted by atomic mass is 9.93. The van der Waals surface area contributed by atoms with Gasteiger partial charge in [-0.05, 0) is 57.2 Å². The van der Waals surface area contributed by atoms with E-state index in [1.807, 2.05) is 43.3 Å². The number of hydrogen-bond acceptors (Lipinski definition) is 5. The van der Waals surface area contributed by atoms with Crippen LogP contribution in [0.25, 0.3) is 0 Å². The van der Waals surface area contributed by atoms with Gasteiger partial charge in [-0.3, -0.25) is 0 Å². The fraction of sp³-hybridized carbons (Fsp3) is 0.500. The second kappa shape index (κ2) is 12.2. The monoisotopic (exact) mass is 426 g/mol. The van der Waals surface area contributed by atoms with Crippen molar-refractivity contribution in [2.24, 2.45) is 4.99 Å². The summed E-state index contributed by atoms with van der Waals surface area (Å²) < 4.78 is 11.9. The Labute approximate surface area is 184 Å². The largest absolute Gasteiger partial charge is 0.490 e. The molecule has 1 aromatic carbocycles. The van der Waals surface area contributed by atoms with Crippen LogP contribution in [0.2, 0.25) is 0 Å². The van der Waals surface area contributed by atoms with Crippen molar-refractivity contribution in [3.8, 4) is 17.4 Å². The Morgan fingerprint density at radius 1 is 1.10 bits per heavy atom. The summed E-state index contributed by atoms with van der Waals surface area (Å²) in [6.07, 6.45) is 6.03. The van der Waals surface area contributed by atoms with Crippen LogP contribution in [0.3, 0.4) is 0 Å². The minimum atomic E-state index is -0.170. The molecule has 1 aliphatic carbocycles. The van der Waals surface area contributed by atoms with Gasteiger partial charge in [0, 0.05) is 24.3 Å². The Morgan fingerprint density at radius 2 is 1.87 bits per heavy atom. The van der Waals surface area contributed by atoms with Crippen molar-refractivity contribution in [3.05, 3.63) is 48.2 Å². The summed E-state index contributed by atoms with van der Waals surface area (Å²) in [6, 6.07) is 11.8. The van der Waals surface area contributed by atoms with E-state index in [0.717, 1.165) is 50.2 Å². The number of guanidine groups is 1. The molecule has 0 saturated heterocycles. The number of hydrogen-bond donors (Lipinski definition) is 3. The highest BCUT2D eigenvalue weighted by atomic mass is 16.5. The smallest absolute Gasteiger partial charge is 0.224 e. The van der Waals surface area contributed by atoms with E-state index in [4.69, 9.17) is 14.5 Å². The summed E-state index contributed by atoms with van der Waals surface area (Å²) in [5.41, 5.74) is 0.893. The Hall–Kier alpha value is -2.80. The number of aromatic nitrogens is 1. The molecule has 1 saturated carbocycles. The molecule has 2 aromatic rings. The molecule has 31 heavy (non-hydrogen) atoms. The van der Waals surface area contributed by atoms with Crippen LogP contribution < -0.4 is 20.1 Å². The lowest BCUT2D eigenvalue weighted by Gasteiger charge is -2.27. The van der Waals surface area contributed by atoms with E-state index in [0.29, 0.717) is 36.6 Å². The Morgan fingerprint density at radius 3 is 2.61 bits per heavy atom. The molecule has 1 heterocycles. The normalized spacial score (nSPS) is 19.0. The lowest BCUT2D eigenvalue weighted by molar-refractivity contribution is 0.120. The van der Waals surface area contributed by atoms with Gasteiger partial charge in [-0.2, -0.15) is 0 Å². The zero-order valence-electron chi connectivity index (χ0n) is 18.5. The molecule has 0 bridgehead atoms. The topological polar surface area (TPSA) is 88.0 Å². The standard InChI is InChI=1S/C24H34N4O3/c1-3-16-30-21-9-5-6-10-22(21)31-23-18(8-7-15-26-23)17-27-24(25-4-2)28-19-11-13-20(29)14-12-19/h5-10,15,19-20,29H,3-4,11-14,16-17H2,1-2H3,(H2,25,27,28). The van der Waals surface area contributed by atoms with E-state index in [2.05, 4.69) is 22.5 Å². The maximum absolute atomic E-state index is 9.73. The van der Waals surface area contributed by atoms with Crippen molar-refractivity contribution >= 4 is 5.96 Å². The first-order chi connectivity index (χ1) is 15.2. The number of aliphatic imine (C=N–C) groups is 1. The van der Waals surface area contributed by atoms with E-state index in [1.165, 1.54) is 0 Å². The molecule has 1 fully saturated rings. The number of para-hydroxylation sites is 2. The quantitative estimate of drug-likeness (QED) is 0.415. The number of rotatable bonds is 9. The van der Waals surface area contributed by atoms with E-state index in [-0.39, 0.29) is 6.10 Å². The third kappa shape index (κ3) is 7.14. The molecule has 7 nitrogen and oxygen atoms in total. The Bertz CT molecular complexity index is 835. The van der Waals surface area contributed by atoms with Gasteiger partial charge >= 0.3 is 0 Å². The van der Waals surface area contributed by atoms with Crippen LogP contribution in [0.4, 0.5) is 0 Å². The molecule has 1 aliphatic rings. The molecule has 0 spiro atoms. The van der Waals surface area contributed by atoms with E-state index < -0.39 is 0 Å². The van der Waals surface area contributed by atoms with Gasteiger partial charge in [-0.25, -0.2) is 9.98 Å². The second-order valence-corrected chi connectivity index (χ2v) is 7.71. The molecule has 3 N–H and O–H groups in total. The number of pyridine rings is 1. The second-order valence-electron chi connectivity index (χ2n) is 7.71. The van der Waals surface area contributed by atoms with Gasteiger partial charge in [0.2, 0.25) is 5.88 Å². The summed E-state index contributed by atoms with van der Waals surface area (Å²) in [5, 5.41) is 16.5. The summed E-state index contributed by atoms with van der Waals surface area (Å²) >= 11 is 0. The minimum absolute atomic E-state index is 0.170. The van der Waals surface area contributed by atoms with Crippen LogP contribution in [0.5, 0.6) is 17.4 Å². The molecular weight excluding hydrogens is 392 g/mol. The van der Waals surface area contributed by atoms with E-state index in [1.54, 1.807) is 6.20 Å². The number of nitrogens with one attached hydrogen (secondary N) is 2. The predicted octanol–water partition coefficient (Wildman–Crippen LogP) is 4.02. The third-order valence-corrected chi connectivity index (χ3v) is 5.16. The molecule has 1 aromatic heterocycles. The third-order valence-electron chi connectivity index (χ3n) is 5.16. The van der Waals surface area contributed by atoms with Crippen LogP contribution in [-0.4, -0.2) is 41.3 Å². The number of benzene rings is 1. The van der Waals surface area contributed by atoms with Gasteiger partial charge in [0.25, 0.3) is 0 Å². The summed E-state index contributed by atoms with van der Waals surface area (Å²) in [4.78, 5) is 9.18. The van der Waals surface area contributed by atoms with Gasteiger partial charge in [-0.15, -0.1) is 0 Å². The van der Waals surface area contributed by atoms with Gasteiger partial charge in [0.15, 0.2) is 17.5 Å². The number of aliphatic hydroxyl groups excluding tert-OH is 1. The summed E-state index contributed by atoms with van der Waals surface area (Å²) in [6.45, 7) is 5.97. The average Bonchev–Trinajstić information content (AvgIpc) is 2.79. The molecule has 0 aliphatic heterocycles. The highest BCUT2D eigenvalue weighted by Gasteiger charge is 2.20. The van der Waals surface area contributed by atoms with Crippen molar-refractivity contribution < 1.29 is 14.6 Å². The molecule has 7 heteroatoms. The fourth-order valence-corrected chi connectivity index (χ4v) is 3.50. The summed E-state index contributed by atoms with van der Waals surface area (Å²) in [7, 11) is 0. The first kappa shape index (κ1) is 22.9. The molecule has 0 radical (unpaired) electrons. The number of ether oxygens (including phenoxy) is 2. The molecule has 0 atom stereocenters. The van der Waals surface area contributed by atoms with Crippen LogP contribution in [-0.2, 0) is 6.54 Å². The molecular formula is C24H34N4O3. The predicted molar refractivity (Wildman–Crippen MR) is 123 cm³/mol. The highest BCUT2D eigenvalue weighted by Crippen LogP contribution is 2.32. The first-order valence-electron chi connectivity index (χ1n) is 11.3. The van der Waals surface area contributed by atoms with Crippen molar-refractivity contribution in [2.75, 3.05) is 13.2 Å². The minimum Gasteiger partial charge on any atom is -0.490 e. The molecule has 0 amide bonds. The van der Waals surface area contributed by atoms with Crippen LogP contribution in [0, 0.1) is 0 Å². The highest BCUT2D eigenvalue weighted by molar-refractivity contribution is 5.80. The fourth-order valence-electron chi connectivity index (χ4n) is 3.50. The zero-order chi connectivity index (χ0) is 21.9. The number of aliphatic hydroxyl groups is 1. The first-order valence-corrected chi connectivity index (χ1v) is 11.3. The van der Waals surface area contributed by atoms with Crippen molar-refractivity contribution in [1.82, 2.24) is 15.6 Å². The van der Waals surface area contributed by atoms with Gasteiger partial charge in [-0.1, -0.05) is 25.1 Å². The van der Waals surface area contributed by atoms with Crippen molar-refractivity contribution in [3.63, 3.8) is 0 Å². The molecule has 3 rings (SSSR count). The van der Waals surface area contributed by atoms with Gasteiger partial charge in [0.05, 0.1) is 19.3 Å². The molecule has 168 valence electrons. The maximum Gasteiger partial charge on any atom is 0.224 e. The molecule has 0 unspecified atom stereocenters. The summed E-state index contributed by atoms with van der Waals surface area (Å²) in [5.74, 6) is 2.64. The van der Waals surface area contributed by atoms with E-state index in [9.17, 15) is 5.11 Å². The maximum atomic E-state index is 9.73. The van der Waals surface area contributed by atoms with E-state index >= 15 is 0 Å². The number of nitrogens with zero attached hydrogens (tertiary/aromatic N) is 2. The van der Waals surface area contributed by atoms with Crippen LogP contribution in [0.1, 0.15) is 51.5 Å². The SMILES string of the molecule is CCCOc1ccccc1Oc1ncccc1CN=C(NCC)NC1CCC(O)CC1. The lowest BCUT2D eigenvalue weighted by Crippen LogP contribution is -2.45. The van der Waals surface area contributed by atoms with Gasteiger partial charge in [0.1, 0.15) is 0 Å². The Kier molecular flexibility index (Phi) is 8.97. The zero-order valence-corrected chi connectivity index (χ0v) is 18.5. The van der Waals surface area contributed by atoms with Crippen molar-refractivity contribution in [2.45, 2.75) is 64.6 Å². The van der Waals surface area contributed by atoms with Gasteiger partial charge < -0.3 is 25.2 Å².